The number of fused-ring (bicyclic) bond motifs is 1. The molecule has 2 heterocycles. The van der Waals surface area contributed by atoms with Crippen molar-refractivity contribution in [1.29, 1.82) is 0 Å². The Bertz CT molecular complexity index is 1050. The summed E-state index contributed by atoms with van der Waals surface area (Å²) in [5, 5.41) is 16.3. The second-order valence-corrected chi connectivity index (χ2v) is 6.34. The van der Waals surface area contributed by atoms with Crippen LogP contribution in [0.4, 0.5) is 5.69 Å². The SMILES string of the molecule is COC(=O)c1cc(-c2cccc([N+](=O)[O-])c2)nc2c1c(C1CC1)nn2C. The van der Waals surface area contributed by atoms with Gasteiger partial charge in [-0.25, -0.2) is 9.78 Å². The molecule has 1 aromatic carbocycles. The van der Waals surface area contributed by atoms with Crippen molar-refractivity contribution in [3.05, 3.63) is 51.7 Å². The lowest BCUT2D eigenvalue weighted by Gasteiger charge is -2.07. The molecule has 0 bridgehead atoms. The molecule has 8 heteroatoms. The van der Waals surface area contributed by atoms with Crippen LogP contribution in [0, 0.1) is 10.1 Å². The van der Waals surface area contributed by atoms with Crippen LogP contribution in [0.25, 0.3) is 22.3 Å². The molecule has 1 saturated carbocycles. The molecule has 1 fully saturated rings. The van der Waals surface area contributed by atoms with E-state index in [4.69, 9.17) is 4.74 Å². The van der Waals surface area contributed by atoms with E-state index in [0.29, 0.717) is 33.8 Å². The fraction of sp³-hybridized carbons (Fsp3) is 0.278. The molecule has 1 aliphatic carbocycles. The van der Waals surface area contributed by atoms with Crippen molar-refractivity contribution in [3.8, 4) is 11.3 Å². The first kappa shape index (κ1) is 16.2. The summed E-state index contributed by atoms with van der Waals surface area (Å²) in [4.78, 5) is 27.6. The minimum absolute atomic E-state index is 0.0345. The van der Waals surface area contributed by atoms with Crippen LogP contribution in [0.5, 0.6) is 0 Å². The van der Waals surface area contributed by atoms with Crippen LogP contribution in [-0.4, -0.2) is 32.8 Å². The first-order valence-corrected chi connectivity index (χ1v) is 8.20. The summed E-state index contributed by atoms with van der Waals surface area (Å²) in [5.74, 6) is -0.133. The van der Waals surface area contributed by atoms with Crippen LogP contribution < -0.4 is 0 Å². The standard InChI is InChI=1S/C18H16N4O4/c1-21-17-15(16(20-21)10-6-7-10)13(18(23)26-2)9-14(19-17)11-4-3-5-12(8-11)22(24)25/h3-5,8-10H,6-7H2,1-2H3. The van der Waals surface area contributed by atoms with Gasteiger partial charge in [0.15, 0.2) is 5.65 Å². The van der Waals surface area contributed by atoms with Crippen LogP contribution in [0.1, 0.15) is 34.8 Å². The number of rotatable bonds is 4. The number of aryl methyl sites for hydroxylation is 1. The highest BCUT2D eigenvalue weighted by atomic mass is 16.6. The minimum atomic E-state index is -0.473. The molecule has 1 aliphatic rings. The van der Waals surface area contributed by atoms with Crippen LogP contribution in [0.2, 0.25) is 0 Å². The van der Waals surface area contributed by atoms with E-state index in [1.54, 1.807) is 29.9 Å². The normalized spacial score (nSPS) is 13.8. The quantitative estimate of drug-likeness (QED) is 0.406. The molecule has 0 N–H and O–H groups in total. The van der Waals surface area contributed by atoms with Gasteiger partial charge in [-0.05, 0) is 18.9 Å². The number of pyridine rings is 1. The summed E-state index contributed by atoms with van der Waals surface area (Å²) in [7, 11) is 3.11. The minimum Gasteiger partial charge on any atom is -0.465 e. The smallest absolute Gasteiger partial charge is 0.338 e. The molecule has 0 saturated heterocycles. The molecule has 26 heavy (non-hydrogen) atoms. The zero-order chi connectivity index (χ0) is 18.4. The molecule has 132 valence electrons. The first-order chi connectivity index (χ1) is 12.5. The average Bonchev–Trinajstić information content (AvgIpc) is 3.44. The van der Waals surface area contributed by atoms with Gasteiger partial charge in [-0.1, -0.05) is 12.1 Å². The molecular weight excluding hydrogens is 336 g/mol. The monoisotopic (exact) mass is 352 g/mol. The van der Waals surface area contributed by atoms with Crippen molar-refractivity contribution >= 4 is 22.7 Å². The van der Waals surface area contributed by atoms with Crippen molar-refractivity contribution in [1.82, 2.24) is 14.8 Å². The molecule has 4 rings (SSSR count). The number of nitro groups is 1. The van der Waals surface area contributed by atoms with E-state index in [0.717, 1.165) is 18.5 Å². The molecule has 0 unspecified atom stereocenters. The van der Waals surface area contributed by atoms with E-state index in [1.165, 1.54) is 19.2 Å². The van der Waals surface area contributed by atoms with E-state index in [-0.39, 0.29) is 5.69 Å². The van der Waals surface area contributed by atoms with Crippen LogP contribution in [-0.2, 0) is 11.8 Å². The highest BCUT2D eigenvalue weighted by molar-refractivity contribution is 6.05. The summed E-state index contributed by atoms with van der Waals surface area (Å²) < 4.78 is 6.60. The summed E-state index contributed by atoms with van der Waals surface area (Å²) >= 11 is 0. The van der Waals surface area contributed by atoms with Gasteiger partial charge >= 0.3 is 5.97 Å². The number of benzene rings is 1. The molecule has 0 radical (unpaired) electrons. The second-order valence-electron chi connectivity index (χ2n) is 6.34. The van der Waals surface area contributed by atoms with E-state index < -0.39 is 10.9 Å². The highest BCUT2D eigenvalue weighted by Gasteiger charge is 2.32. The van der Waals surface area contributed by atoms with Crippen molar-refractivity contribution in [3.63, 3.8) is 0 Å². The fourth-order valence-corrected chi connectivity index (χ4v) is 3.12. The molecular formula is C18H16N4O4. The van der Waals surface area contributed by atoms with E-state index in [1.807, 2.05) is 0 Å². The predicted molar refractivity (Wildman–Crippen MR) is 93.9 cm³/mol. The van der Waals surface area contributed by atoms with E-state index >= 15 is 0 Å². The van der Waals surface area contributed by atoms with Gasteiger partial charge in [-0.3, -0.25) is 14.8 Å². The third-order valence-electron chi connectivity index (χ3n) is 4.54. The number of hydrogen-bond donors (Lipinski definition) is 0. The predicted octanol–water partition coefficient (Wildman–Crippen LogP) is 3.21. The molecule has 2 aromatic heterocycles. The lowest BCUT2D eigenvalue weighted by molar-refractivity contribution is -0.384. The third-order valence-corrected chi connectivity index (χ3v) is 4.54. The zero-order valence-corrected chi connectivity index (χ0v) is 14.3. The Morgan fingerprint density at radius 2 is 2.12 bits per heavy atom. The highest BCUT2D eigenvalue weighted by Crippen LogP contribution is 2.43. The molecule has 0 atom stereocenters. The molecule has 0 spiro atoms. The zero-order valence-electron chi connectivity index (χ0n) is 14.3. The number of hydrogen-bond acceptors (Lipinski definition) is 6. The van der Waals surface area contributed by atoms with Gasteiger partial charge < -0.3 is 4.74 Å². The number of esters is 1. The number of ether oxygens (including phenoxy) is 1. The van der Waals surface area contributed by atoms with Gasteiger partial charge in [0, 0.05) is 30.7 Å². The molecule has 0 aliphatic heterocycles. The number of nitrogens with zero attached hydrogens (tertiary/aromatic N) is 4. The van der Waals surface area contributed by atoms with Crippen molar-refractivity contribution in [2.24, 2.45) is 7.05 Å². The third kappa shape index (κ3) is 2.59. The number of aromatic nitrogens is 3. The summed E-state index contributed by atoms with van der Waals surface area (Å²) in [6, 6.07) is 7.79. The summed E-state index contributed by atoms with van der Waals surface area (Å²) in [5.41, 5.74) is 2.80. The Hall–Kier alpha value is -3.29. The molecule has 3 aromatic rings. The largest absolute Gasteiger partial charge is 0.465 e. The van der Waals surface area contributed by atoms with Gasteiger partial charge in [0.1, 0.15) is 0 Å². The van der Waals surface area contributed by atoms with Crippen LogP contribution >= 0.6 is 0 Å². The van der Waals surface area contributed by atoms with Crippen molar-refractivity contribution in [2.75, 3.05) is 7.11 Å². The summed E-state index contributed by atoms with van der Waals surface area (Å²) in [6.07, 6.45) is 2.08. The summed E-state index contributed by atoms with van der Waals surface area (Å²) in [6.45, 7) is 0. The molecule has 8 nitrogen and oxygen atoms in total. The van der Waals surface area contributed by atoms with E-state index in [9.17, 15) is 14.9 Å². The topological polar surface area (TPSA) is 100 Å². The van der Waals surface area contributed by atoms with Gasteiger partial charge in [0.2, 0.25) is 0 Å². The maximum Gasteiger partial charge on any atom is 0.338 e. The number of carbonyl (C=O) groups excluding carboxylic acids is 1. The van der Waals surface area contributed by atoms with E-state index in [2.05, 4.69) is 10.1 Å². The Balaban J connectivity index is 1.97. The second kappa shape index (κ2) is 5.91. The van der Waals surface area contributed by atoms with Gasteiger partial charge in [0.05, 0.1) is 34.4 Å². The van der Waals surface area contributed by atoms with Crippen molar-refractivity contribution in [2.45, 2.75) is 18.8 Å². The maximum absolute atomic E-state index is 12.4. The fourth-order valence-electron chi connectivity index (χ4n) is 3.12. The Morgan fingerprint density at radius 1 is 1.35 bits per heavy atom. The van der Waals surface area contributed by atoms with Crippen LogP contribution in [0.3, 0.4) is 0 Å². The van der Waals surface area contributed by atoms with Gasteiger partial charge in [-0.2, -0.15) is 5.10 Å². The lowest BCUT2D eigenvalue weighted by atomic mass is 10.0. The lowest BCUT2D eigenvalue weighted by Crippen LogP contribution is -2.05. The Kier molecular flexibility index (Phi) is 3.68. The number of non-ortho nitro benzene ring substituents is 1. The Labute approximate surface area is 148 Å². The van der Waals surface area contributed by atoms with Crippen molar-refractivity contribution < 1.29 is 14.5 Å². The number of carbonyl (C=O) groups is 1. The number of nitro benzene ring substituents is 1. The maximum atomic E-state index is 12.4. The Morgan fingerprint density at radius 3 is 2.77 bits per heavy atom. The molecule has 0 amide bonds. The first-order valence-electron chi connectivity index (χ1n) is 8.20. The van der Waals surface area contributed by atoms with Crippen LogP contribution in [0.15, 0.2) is 30.3 Å². The van der Waals surface area contributed by atoms with Gasteiger partial charge in [-0.15, -0.1) is 0 Å². The average molecular weight is 352 g/mol. The van der Waals surface area contributed by atoms with Gasteiger partial charge in [0.25, 0.3) is 5.69 Å². The number of methoxy groups -OCH3 is 1.